The Balaban J connectivity index is 2.27. The maximum Gasteiger partial charge on any atom is 0.346 e. The number of rotatable bonds is 5. The minimum Gasteiger partial charge on any atom is -0.477 e. The lowest BCUT2D eigenvalue weighted by Gasteiger charge is -2.10. The highest BCUT2D eigenvalue weighted by Gasteiger charge is 2.24. The van der Waals surface area contributed by atoms with Crippen molar-refractivity contribution in [3.8, 4) is 0 Å². The van der Waals surface area contributed by atoms with Crippen LogP contribution in [-0.4, -0.2) is 19.5 Å². The Morgan fingerprint density at radius 3 is 2.70 bits per heavy atom. The molecule has 2 rings (SSSR count). The van der Waals surface area contributed by atoms with Crippen LogP contribution in [0.25, 0.3) is 0 Å². The van der Waals surface area contributed by atoms with Gasteiger partial charge in [-0.1, -0.05) is 0 Å². The highest BCUT2D eigenvalue weighted by molar-refractivity contribution is 7.91. The Hall–Kier alpha value is -1.64. The van der Waals surface area contributed by atoms with E-state index >= 15 is 0 Å². The quantitative estimate of drug-likeness (QED) is 0.883. The molecule has 0 aliphatic carbocycles. The van der Waals surface area contributed by atoms with Gasteiger partial charge in [0.1, 0.15) is 14.8 Å². The van der Waals surface area contributed by atoms with E-state index in [4.69, 9.17) is 9.52 Å². The van der Waals surface area contributed by atoms with Crippen molar-refractivity contribution in [3.63, 3.8) is 0 Å². The van der Waals surface area contributed by atoms with Crippen molar-refractivity contribution in [1.82, 2.24) is 4.72 Å². The van der Waals surface area contributed by atoms with Crippen LogP contribution in [0, 0.1) is 6.92 Å². The van der Waals surface area contributed by atoms with E-state index in [-0.39, 0.29) is 9.09 Å². The van der Waals surface area contributed by atoms with Crippen LogP contribution in [0.2, 0.25) is 0 Å². The van der Waals surface area contributed by atoms with Gasteiger partial charge in [-0.3, -0.25) is 0 Å². The van der Waals surface area contributed by atoms with E-state index in [0.29, 0.717) is 11.3 Å². The summed E-state index contributed by atoms with van der Waals surface area (Å²) in [4.78, 5) is 11.0. The molecule has 2 heterocycles. The van der Waals surface area contributed by atoms with Crippen molar-refractivity contribution in [2.45, 2.75) is 24.1 Å². The smallest absolute Gasteiger partial charge is 0.346 e. The van der Waals surface area contributed by atoms with Crippen molar-refractivity contribution in [1.29, 1.82) is 0 Å². The van der Waals surface area contributed by atoms with Gasteiger partial charge in [0.05, 0.1) is 12.3 Å². The Morgan fingerprint density at radius 1 is 1.50 bits per heavy atom. The number of carbonyl (C=O) groups is 1. The summed E-state index contributed by atoms with van der Waals surface area (Å²) < 4.78 is 31.9. The zero-order valence-corrected chi connectivity index (χ0v) is 12.4. The first-order valence-electron chi connectivity index (χ1n) is 5.70. The number of aromatic carboxylic acids is 1. The maximum atomic E-state index is 12.2. The molecule has 8 heteroatoms. The summed E-state index contributed by atoms with van der Waals surface area (Å²) in [7, 11) is -3.78. The van der Waals surface area contributed by atoms with E-state index in [1.807, 2.05) is 0 Å². The molecule has 20 heavy (non-hydrogen) atoms. The van der Waals surface area contributed by atoms with Crippen molar-refractivity contribution < 1.29 is 22.7 Å². The van der Waals surface area contributed by atoms with Gasteiger partial charge in [0.25, 0.3) is 10.0 Å². The molecule has 0 unspecified atom stereocenters. The predicted octanol–water partition coefficient (Wildman–Crippen LogP) is 2.39. The third-order valence-corrected chi connectivity index (χ3v) is 5.90. The Morgan fingerprint density at radius 2 is 2.20 bits per heavy atom. The van der Waals surface area contributed by atoms with Crippen LogP contribution in [0.15, 0.2) is 33.1 Å². The minimum atomic E-state index is -3.78. The first kappa shape index (κ1) is 14.8. The summed E-state index contributed by atoms with van der Waals surface area (Å²) in [6.45, 7) is 3.21. The van der Waals surface area contributed by atoms with Gasteiger partial charge in [-0.25, -0.2) is 17.9 Å². The summed E-state index contributed by atoms with van der Waals surface area (Å²) in [5.41, 5.74) is 0.425. The fourth-order valence-corrected chi connectivity index (χ4v) is 4.29. The summed E-state index contributed by atoms with van der Waals surface area (Å²) >= 11 is 0.733. The Bertz CT molecular complexity index is 715. The highest BCUT2D eigenvalue weighted by Crippen LogP contribution is 2.27. The highest BCUT2D eigenvalue weighted by atomic mass is 32.2. The van der Waals surface area contributed by atoms with E-state index in [0.717, 1.165) is 11.3 Å². The van der Waals surface area contributed by atoms with E-state index in [9.17, 15) is 13.2 Å². The summed E-state index contributed by atoms with van der Waals surface area (Å²) in [6, 6.07) is 4.14. The lowest BCUT2D eigenvalue weighted by molar-refractivity contribution is 0.0701. The van der Waals surface area contributed by atoms with Gasteiger partial charge >= 0.3 is 5.97 Å². The molecular weight excluding hydrogens is 302 g/mol. The van der Waals surface area contributed by atoms with Crippen LogP contribution >= 0.6 is 11.3 Å². The standard InChI is InChI=1S/C12H13NO5S2/c1-7-6-10(19-11(7)12(14)15)20(16,17)13-8(2)9-4-3-5-18-9/h3-6,8,13H,1-2H3,(H,14,15)/t8-/m1/s1. The van der Waals surface area contributed by atoms with Gasteiger partial charge in [-0.15, -0.1) is 11.3 Å². The van der Waals surface area contributed by atoms with Crippen LogP contribution in [-0.2, 0) is 10.0 Å². The lowest BCUT2D eigenvalue weighted by atomic mass is 10.3. The number of furan rings is 1. The van der Waals surface area contributed by atoms with E-state index in [1.165, 1.54) is 12.3 Å². The largest absolute Gasteiger partial charge is 0.477 e. The number of nitrogens with one attached hydrogen (secondary N) is 1. The number of carboxylic acids is 1. The molecule has 108 valence electrons. The summed E-state index contributed by atoms with van der Waals surface area (Å²) in [5.74, 6) is -0.645. The lowest BCUT2D eigenvalue weighted by Crippen LogP contribution is -2.25. The zero-order chi connectivity index (χ0) is 14.9. The molecule has 0 aliphatic heterocycles. The van der Waals surface area contributed by atoms with E-state index in [2.05, 4.69) is 4.72 Å². The van der Waals surface area contributed by atoms with Crippen molar-refractivity contribution >= 4 is 27.3 Å². The monoisotopic (exact) mass is 315 g/mol. The number of aryl methyl sites for hydroxylation is 1. The molecule has 1 atom stereocenters. The van der Waals surface area contributed by atoms with Gasteiger partial charge in [0, 0.05) is 0 Å². The topological polar surface area (TPSA) is 96.6 Å². The minimum absolute atomic E-state index is 0.0224. The molecule has 0 fully saturated rings. The fourth-order valence-electron chi connectivity index (χ4n) is 1.68. The van der Waals surface area contributed by atoms with E-state index < -0.39 is 22.0 Å². The Kier molecular flexibility index (Phi) is 3.98. The SMILES string of the molecule is Cc1cc(S(=O)(=O)N[C@H](C)c2ccco2)sc1C(=O)O. The molecule has 0 saturated carbocycles. The number of hydrogen-bond donors (Lipinski definition) is 2. The molecule has 6 nitrogen and oxygen atoms in total. The Labute approximate surface area is 120 Å². The number of hydrogen-bond acceptors (Lipinski definition) is 5. The number of sulfonamides is 1. The van der Waals surface area contributed by atoms with Gasteiger partial charge in [0.2, 0.25) is 0 Å². The van der Waals surface area contributed by atoms with Crippen LogP contribution in [0.3, 0.4) is 0 Å². The van der Waals surface area contributed by atoms with Crippen molar-refractivity contribution in [3.05, 3.63) is 40.7 Å². The summed E-state index contributed by atoms with van der Waals surface area (Å²) in [5, 5.41) is 8.96. The normalized spacial score (nSPS) is 13.3. The second-order valence-corrected chi connectivity index (χ2v) is 7.23. The van der Waals surface area contributed by atoms with Gasteiger partial charge in [-0.2, -0.15) is 0 Å². The molecular formula is C12H13NO5S2. The van der Waals surface area contributed by atoms with Crippen molar-refractivity contribution in [2.24, 2.45) is 0 Å². The van der Waals surface area contributed by atoms with Crippen LogP contribution < -0.4 is 4.72 Å². The molecule has 0 spiro atoms. The van der Waals surface area contributed by atoms with Crippen LogP contribution in [0.4, 0.5) is 0 Å². The fraction of sp³-hybridized carbons (Fsp3) is 0.250. The van der Waals surface area contributed by atoms with Crippen LogP contribution in [0.1, 0.15) is 34.0 Å². The first-order chi connectivity index (χ1) is 9.31. The molecule has 2 aromatic heterocycles. The van der Waals surface area contributed by atoms with E-state index in [1.54, 1.807) is 26.0 Å². The molecule has 2 N–H and O–H groups in total. The third kappa shape index (κ3) is 2.92. The van der Waals surface area contributed by atoms with Crippen LogP contribution in [0.5, 0.6) is 0 Å². The predicted molar refractivity (Wildman–Crippen MR) is 73.5 cm³/mol. The second kappa shape index (κ2) is 5.39. The van der Waals surface area contributed by atoms with Gasteiger partial charge in [0.15, 0.2) is 0 Å². The van der Waals surface area contributed by atoms with Gasteiger partial charge in [-0.05, 0) is 37.6 Å². The number of thiophene rings is 1. The second-order valence-electron chi connectivity index (χ2n) is 4.24. The average Bonchev–Trinajstić information content (AvgIpc) is 2.96. The number of carboxylic acid groups (broad SMARTS) is 1. The van der Waals surface area contributed by atoms with Crippen molar-refractivity contribution in [2.75, 3.05) is 0 Å². The molecule has 0 amide bonds. The molecule has 0 aromatic carbocycles. The van der Waals surface area contributed by atoms with Gasteiger partial charge < -0.3 is 9.52 Å². The third-order valence-electron chi connectivity index (χ3n) is 2.66. The summed E-state index contributed by atoms with van der Waals surface area (Å²) in [6.07, 6.45) is 1.46. The molecule has 0 bridgehead atoms. The first-order valence-corrected chi connectivity index (χ1v) is 8.00. The molecule has 0 aliphatic rings. The average molecular weight is 315 g/mol. The maximum absolute atomic E-state index is 12.2. The zero-order valence-electron chi connectivity index (χ0n) is 10.8. The molecule has 2 aromatic rings. The molecule has 0 radical (unpaired) electrons. The molecule has 0 saturated heterocycles.